The van der Waals surface area contributed by atoms with Gasteiger partial charge in [0.15, 0.2) is 0 Å². The van der Waals surface area contributed by atoms with Gasteiger partial charge in [-0.25, -0.2) is 0 Å². The number of thioether (sulfide) groups is 1. The molecule has 0 aromatic heterocycles. The Hall–Kier alpha value is -1.03. The molecule has 1 fully saturated rings. The molecule has 0 radical (unpaired) electrons. The number of benzene rings is 1. The van der Waals surface area contributed by atoms with Crippen molar-refractivity contribution >= 4 is 23.1 Å². The van der Waals surface area contributed by atoms with E-state index < -0.39 is 0 Å². The van der Waals surface area contributed by atoms with Gasteiger partial charge in [-0.05, 0) is 25.5 Å². The molecule has 3 nitrogen and oxygen atoms in total. The summed E-state index contributed by atoms with van der Waals surface area (Å²) >= 11 is 2.08. The lowest BCUT2D eigenvalue weighted by Gasteiger charge is -2.34. The van der Waals surface area contributed by atoms with E-state index in [-0.39, 0.29) is 0 Å². The zero-order valence-electron chi connectivity index (χ0n) is 11.2. The Kier molecular flexibility index (Phi) is 4.64. The molecule has 1 saturated heterocycles. The molecule has 0 spiro atoms. The van der Waals surface area contributed by atoms with Crippen LogP contribution < -0.4 is 15.4 Å². The topological polar surface area (TPSA) is 38.5 Å². The summed E-state index contributed by atoms with van der Waals surface area (Å²) in [4.78, 5) is 2.44. The molecule has 2 N–H and O–H groups in total. The van der Waals surface area contributed by atoms with Crippen molar-refractivity contribution in [3.63, 3.8) is 0 Å². The SMILES string of the molecule is CCOc1cc(N2CCSC(CC)C2)ccc1N. The largest absolute Gasteiger partial charge is 0.492 e. The minimum atomic E-state index is 0.654. The maximum Gasteiger partial charge on any atom is 0.144 e. The molecule has 1 aromatic carbocycles. The summed E-state index contributed by atoms with van der Waals surface area (Å²) in [7, 11) is 0. The highest BCUT2D eigenvalue weighted by Crippen LogP contribution is 2.31. The van der Waals surface area contributed by atoms with Crippen molar-refractivity contribution in [3.8, 4) is 5.75 Å². The smallest absolute Gasteiger partial charge is 0.144 e. The van der Waals surface area contributed by atoms with Crippen LogP contribution in [0.2, 0.25) is 0 Å². The molecule has 1 aliphatic rings. The average molecular weight is 266 g/mol. The highest BCUT2D eigenvalue weighted by Gasteiger charge is 2.19. The van der Waals surface area contributed by atoms with E-state index in [0.29, 0.717) is 6.61 Å². The number of anilines is 2. The summed E-state index contributed by atoms with van der Waals surface area (Å²) < 4.78 is 5.56. The number of ether oxygens (including phenoxy) is 1. The predicted molar refractivity (Wildman–Crippen MR) is 80.8 cm³/mol. The first kappa shape index (κ1) is 13.4. The molecule has 4 heteroatoms. The second kappa shape index (κ2) is 6.23. The van der Waals surface area contributed by atoms with Crippen molar-refractivity contribution in [1.29, 1.82) is 0 Å². The standard InChI is InChI=1S/C14H22N2OS/c1-3-12-10-16(7-8-18-12)11-5-6-13(15)14(9-11)17-4-2/h5-6,9,12H,3-4,7-8,10,15H2,1-2H3. The first-order valence-corrected chi connectivity index (χ1v) is 7.68. The van der Waals surface area contributed by atoms with Crippen LogP contribution in [0, 0.1) is 0 Å². The fraction of sp³-hybridized carbons (Fsp3) is 0.571. The highest BCUT2D eigenvalue weighted by molar-refractivity contribution is 8.00. The fourth-order valence-electron chi connectivity index (χ4n) is 2.20. The van der Waals surface area contributed by atoms with E-state index in [4.69, 9.17) is 10.5 Å². The molecule has 2 rings (SSSR count). The van der Waals surface area contributed by atoms with Crippen LogP contribution in [0.25, 0.3) is 0 Å². The van der Waals surface area contributed by atoms with E-state index in [1.54, 1.807) is 0 Å². The third-order valence-corrected chi connectivity index (χ3v) is 4.63. The van der Waals surface area contributed by atoms with Gasteiger partial charge in [0.25, 0.3) is 0 Å². The molecule has 0 saturated carbocycles. The molecule has 0 amide bonds. The Morgan fingerprint density at radius 3 is 3.00 bits per heavy atom. The Bertz CT molecular complexity index is 397. The Labute approximate surface area is 114 Å². The van der Waals surface area contributed by atoms with Crippen LogP contribution >= 0.6 is 11.8 Å². The summed E-state index contributed by atoms with van der Waals surface area (Å²) in [6.45, 7) is 7.13. The van der Waals surface area contributed by atoms with Gasteiger partial charge in [-0.15, -0.1) is 0 Å². The molecule has 1 aromatic rings. The monoisotopic (exact) mass is 266 g/mol. The first-order chi connectivity index (χ1) is 8.74. The number of hydrogen-bond acceptors (Lipinski definition) is 4. The van der Waals surface area contributed by atoms with Gasteiger partial charge in [0, 0.05) is 35.8 Å². The summed E-state index contributed by atoms with van der Waals surface area (Å²) in [5, 5.41) is 0.742. The van der Waals surface area contributed by atoms with Gasteiger partial charge in [-0.3, -0.25) is 0 Å². The van der Waals surface area contributed by atoms with E-state index in [2.05, 4.69) is 35.7 Å². The summed E-state index contributed by atoms with van der Waals surface area (Å²) in [6, 6.07) is 6.12. The van der Waals surface area contributed by atoms with Gasteiger partial charge >= 0.3 is 0 Å². The number of nitrogen functional groups attached to an aromatic ring is 1. The van der Waals surface area contributed by atoms with Crippen molar-refractivity contribution < 1.29 is 4.74 Å². The summed E-state index contributed by atoms with van der Waals surface area (Å²) in [6.07, 6.45) is 1.23. The van der Waals surface area contributed by atoms with Crippen LogP contribution in [0.4, 0.5) is 11.4 Å². The lowest BCUT2D eigenvalue weighted by molar-refractivity contribution is 0.342. The number of hydrogen-bond donors (Lipinski definition) is 1. The van der Waals surface area contributed by atoms with E-state index in [0.717, 1.165) is 29.8 Å². The second-order valence-corrected chi connectivity index (χ2v) is 5.91. The molecular formula is C14H22N2OS. The molecule has 0 aliphatic carbocycles. The zero-order valence-corrected chi connectivity index (χ0v) is 12.0. The summed E-state index contributed by atoms with van der Waals surface area (Å²) in [5.41, 5.74) is 7.86. The maximum absolute atomic E-state index is 5.91. The van der Waals surface area contributed by atoms with Gasteiger partial charge in [-0.1, -0.05) is 6.92 Å². The lowest BCUT2D eigenvalue weighted by Crippen LogP contribution is -2.37. The molecule has 0 bridgehead atoms. The molecular weight excluding hydrogens is 244 g/mol. The van der Waals surface area contributed by atoms with E-state index in [1.165, 1.54) is 17.9 Å². The van der Waals surface area contributed by atoms with Gasteiger partial charge in [-0.2, -0.15) is 11.8 Å². The van der Waals surface area contributed by atoms with E-state index in [9.17, 15) is 0 Å². The molecule has 1 heterocycles. The number of nitrogens with two attached hydrogens (primary N) is 1. The molecule has 1 unspecified atom stereocenters. The van der Waals surface area contributed by atoms with Crippen molar-refractivity contribution in [2.24, 2.45) is 0 Å². The molecule has 1 atom stereocenters. The lowest BCUT2D eigenvalue weighted by atomic mass is 10.2. The van der Waals surface area contributed by atoms with Crippen LogP contribution in [-0.4, -0.2) is 30.7 Å². The fourth-order valence-corrected chi connectivity index (χ4v) is 3.38. The molecule has 18 heavy (non-hydrogen) atoms. The number of nitrogens with zero attached hydrogens (tertiary/aromatic N) is 1. The third-order valence-electron chi connectivity index (χ3n) is 3.26. The Morgan fingerprint density at radius 2 is 2.28 bits per heavy atom. The predicted octanol–water partition coefficient (Wildman–Crippen LogP) is 3.00. The van der Waals surface area contributed by atoms with Crippen molar-refractivity contribution in [3.05, 3.63) is 18.2 Å². The highest BCUT2D eigenvalue weighted by atomic mass is 32.2. The van der Waals surface area contributed by atoms with Crippen molar-refractivity contribution in [1.82, 2.24) is 0 Å². The normalized spacial score (nSPS) is 19.9. The minimum absolute atomic E-state index is 0.654. The number of rotatable bonds is 4. The van der Waals surface area contributed by atoms with Gasteiger partial charge in [0.2, 0.25) is 0 Å². The first-order valence-electron chi connectivity index (χ1n) is 6.63. The van der Waals surface area contributed by atoms with Gasteiger partial charge in [0.05, 0.1) is 12.3 Å². The van der Waals surface area contributed by atoms with Gasteiger partial charge < -0.3 is 15.4 Å². The van der Waals surface area contributed by atoms with Gasteiger partial charge in [0.1, 0.15) is 5.75 Å². The van der Waals surface area contributed by atoms with E-state index in [1.807, 2.05) is 13.0 Å². The second-order valence-electron chi connectivity index (χ2n) is 4.50. The van der Waals surface area contributed by atoms with Crippen LogP contribution in [0.15, 0.2) is 18.2 Å². The van der Waals surface area contributed by atoms with Crippen molar-refractivity contribution in [2.45, 2.75) is 25.5 Å². The van der Waals surface area contributed by atoms with Crippen molar-refractivity contribution in [2.75, 3.05) is 36.1 Å². The third kappa shape index (κ3) is 3.05. The molecule has 1 aliphatic heterocycles. The summed E-state index contributed by atoms with van der Waals surface area (Å²) in [5.74, 6) is 2.01. The Morgan fingerprint density at radius 1 is 1.44 bits per heavy atom. The molecule has 100 valence electrons. The zero-order chi connectivity index (χ0) is 13.0. The van der Waals surface area contributed by atoms with Crippen LogP contribution in [0.3, 0.4) is 0 Å². The van der Waals surface area contributed by atoms with E-state index >= 15 is 0 Å². The minimum Gasteiger partial charge on any atom is -0.492 e. The van der Waals surface area contributed by atoms with Crippen LogP contribution in [0.5, 0.6) is 5.75 Å². The Balaban J connectivity index is 2.14. The van der Waals surface area contributed by atoms with Crippen LogP contribution in [0.1, 0.15) is 20.3 Å². The van der Waals surface area contributed by atoms with Crippen LogP contribution in [-0.2, 0) is 0 Å². The maximum atomic E-state index is 5.91. The quantitative estimate of drug-likeness (QED) is 0.850. The average Bonchev–Trinajstić information content (AvgIpc) is 2.41.